The number of methoxy groups -OCH3 is 1. The first-order valence-electron chi connectivity index (χ1n) is 8.87. The lowest BCUT2D eigenvalue weighted by atomic mass is 10.1. The third-order valence-corrected chi connectivity index (χ3v) is 5.55. The Bertz CT molecular complexity index is 933. The second-order valence-electron chi connectivity index (χ2n) is 6.41. The number of amides is 1. The van der Waals surface area contributed by atoms with Crippen LogP contribution in [-0.4, -0.2) is 33.7 Å². The number of para-hydroxylation sites is 2. The Hall–Kier alpha value is -2.61. The number of nitrogens with one attached hydrogen (secondary N) is 1. The summed E-state index contributed by atoms with van der Waals surface area (Å²) in [6.45, 7) is 3.45. The van der Waals surface area contributed by atoms with Gasteiger partial charge in [0.25, 0.3) is 0 Å². The molecule has 28 heavy (non-hydrogen) atoms. The molecule has 0 heterocycles. The lowest BCUT2D eigenvalue weighted by Gasteiger charge is -2.31. The summed E-state index contributed by atoms with van der Waals surface area (Å²) in [5, 5.41) is 2.82. The van der Waals surface area contributed by atoms with Crippen LogP contribution in [0.2, 0.25) is 0 Å². The highest BCUT2D eigenvalue weighted by Crippen LogP contribution is 2.27. The zero-order valence-corrected chi connectivity index (χ0v) is 17.2. The third-order valence-electron chi connectivity index (χ3n) is 4.38. The standard InChI is InChI=1S/C20H25FN2O4S/c1-5-17(23(28(4,25)26)18-12-8-7-11-16(18)21)20(24)22-14(2)15-10-6-9-13-19(15)27-3/h6-14,17H,5H2,1-4H3,(H,22,24)/t14-,17-/m0/s1. The number of rotatable bonds is 8. The van der Waals surface area contributed by atoms with Gasteiger partial charge in [-0.1, -0.05) is 37.3 Å². The Kier molecular flexibility index (Phi) is 7.01. The van der Waals surface area contributed by atoms with Gasteiger partial charge in [-0.05, 0) is 31.5 Å². The number of halogens is 1. The zero-order valence-electron chi connectivity index (χ0n) is 16.3. The maximum absolute atomic E-state index is 14.3. The van der Waals surface area contributed by atoms with Gasteiger partial charge in [-0.25, -0.2) is 12.8 Å². The molecule has 152 valence electrons. The quantitative estimate of drug-likeness (QED) is 0.728. The number of sulfonamides is 1. The summed E-state index contributed by atoms with van der Waals surface area (Å²) in [4.78, 5) is 12.9. The third kappa shape index (κ3) is 4.81. The van der Waals surface area contributed by atoms with Crippen molar-refractivity contribution in [1.82, 2.24) is 5.32 Å². The molecule has 6 nitrogen and oxygen atoms in total. The highest BCUT2D eigenvalue weighted by molar-refractivity contribution is 7.92. The van der Waals surface area contributed by atoms with Crippen molar-refractivity contribution in [1.29, 1.82) is 0 Å². The van der Waals surface area contributed by atoms with Gasteiger partial charge in [-0.2, -0.15) is 0 Å². The molecule has 0 saturated heterocycles. The molecule has 0 aromatic heterocycles. The summed E-state index contributed by atoms with van der Waals surface area (Å²) in [7, 11) is -2.37. The molecule has 0 radical (unpaired) electrons. The Labute approximate surface area is 165 Å². The smallest absolute Gasteiger partial charge is 0.244 e. The van der Waals surface area contributed by atoms with E-state index in [2.05, 4.69) is 5.32 Å². The Morgan fingerprint density at radius 2 is 1.79 bits per heavy atom. The van der Waals surface area contributed by atoms with Crippen LogP contribution < -0.4 is 14.4 Å². The van der Waals surface area contributed by atoms with Gasteiger partial charge in [0, 0.05) is 5.56 Å². The number of hydrogen-bond acceptors (Lipinski definition) is 4. The van der Waals surface area contributed by atoms with E-state index in [-0.39, 0.29) is 12.1 Å². The molecule has 0 spiro atoms. The van der Waals surface area contributed by atoms with Crippen LogP contribution >= 0.6 is 0 Å². The monoisotopic (exact) mass is 408 g/mol. The average Bonchev–Trinajstić information content (AvgIpc) is 2.65. The molecule has 2 aromatic carbocycles. The average molecular weight is 408 g/mol. The van der Waals surface area contributed by atoms with Gasteiger partial charge in [-0.15, -0.1) is 0 Å². The van der Waals surface area contributed by atoms with Crippen molar-refractivity contribution >= 4 is 21.6 Å². The molecule has 8 heteroatoms. The van der Waals surface area contributed by atoms with E-state index in [1.165, 1.54) is 25.3 Å². The summed E-state index contributed by atoms with van der Waals surface area (Å²) in [6, 6.07) is 11.2. The second kappa shape index (κ2) is 9.05. The van der Waals surface area contributed by atoms with E-state index in [1.54, 1.807) is 19.9 Å². The number of nitrogens with zero attached hydrogens (tertiary/aromatic N) is 1. The lowest BCUT2D eigenvalue weighted by molar-refractivity contribution is -0.122. The molecular weight excluding hydrogens is 383 g/mol. The molecule has 1 amide bonds. The topological polar surface area (TPSA) is 75.7 Å². The van der Waals surface area contributed by atoms with E-state index in [0.29, 0.717) is 5.75 Å². The van der Waals surface area contributed by atoms with Crippen molar-refractivity contribution in [3.05, 3.63) is 59.9 Å². The predicted molar refractivity (Wildman–Crippen MR) is 107 cm³/mol. The Morgan fingerprint density at radius 1 is 1.18 bits per heavy atom. The first kappa shape index (κ1) is 21.7. The minimum Gasteiger partial charge on any atom is -0.496 e. The van der Waals surface area contributed by atoms with Gasteiger partial charge in [0.15, 0.2) is 0 Å². The fraction of sp³-hybridized carbons (Fsp3) is 0.350. The van der Waals surface area contributed by atoms with E-state index in [0.717, 1.165) is 22.2 Å². The molecule has 0 aliphatic rings. The van der Waals surface area contributed by atoms with Crippen LogP contribution in [0.5, 0.6) is 5.75 Å². The van der Waals surface area contributed by atoms with Crippen LogP contribution in [0.25, 0.3) is 0 Å². The van der Waals surface area contributed by atoms with Crippen LogP contribution in [0, 0.1) is 5.82 Å². The number of ether oxygens (including phenoxy) is 1. The number of anilines is 1. The van der Waals surface area contributed by atoms with Gasteiger partial charge in [0.1, 0.15) is 17.6 Å². The van der Waals surface area contributed by atoms with Gasteiger partial charge >= 0.3 is 0 Å². The molecule has 2 rings (SSSR count). The molecule has 0 fully saturated rings. The fourth-order valence-electron chi connectivity index (χ4n) is 3.08. The molecule has 2 aromatic rings. The first-order valence-corrected chi connectivity index (χ1v) is 10.7. The summed E-state index contributed by atoms with van der Waals surface area (Å²) in [6.07, 6.45) is 1.13. The van der Waals surface area contributed by atoms with E-state index in [1.807, 2.05) is 18.2 Å². The lowest BCUT2D eigenvalue weighted by Crippen LogP contribution is -2.50. The summed E-state index contributed by atoms with van der Waals surface area (Å²) in [5.41, 5.74) is 0.599. The molecule has 1 N–H and O–H groups in total. The first-order chi connectivity index (χ1) is 13.2. The van der Waals surface area contributed by atoms with Gasteiger partial charge < -0.3 is 10.1 Å². The normalized spacial score (nSPS) is 13.5. The molecular formula is C20H25FN2O4S. The largest absolute Gasteiger partial charge is 0.496 e. The van der Waals surface area contributed by atoms with Crippen molar-refractivity contribution in [2.24, 2.45) is 0 Å². The van der Waals surface area contributed by atoms with Crippen LogP contribution in [0.3, 0.4) is 0 Å². The van der Waals surface area contributed by atoms with Crippen molar-refractivity contribution in [2.45, 2.75) is 32.4 Å². The number of hydrogen-bond donors (Lipinski definition) is 1. The minimum absolute atomic E-state index is 0.156. The van der Waals surface area contributed by atoms with Crippen LogP contribution in [0.15, 0.2) is 48.5 Å². The summed E-state index contributed by atoms with van der Waals surface area (Å²) >= 11 is 0. The fourth-order valence-corrected chi connectivity index (χ4v) is 4.29. The van der Waals surface area contributed by atoms with Crippen molar-refractivity contribution in [3.8, 4) is 5.75 Å². The zero-order chi connectivity index (χ0) is 20.9. The van der Waals surface area contributed by atoms with Crippen LogP contribution in [0.1, 0.15) is 31.9 Å². The Morgan fingerprint density at radius 3 is 2.36 bits per heavy atom. The molecule has 0 saturated carbocycles. The maximum atomic E-state index is 14.3. The minimum atomic E-state index is -3.90. The molecule has 0 aliphatic carbocycles. The molecule has 2 atom stereocenters. The maximum Gasteiger partial charge on any atom is 0.244 e. The molecule has 0 unspecified atom stereocenters. The van der Waals surface area contributed by atoms with E-state index < -0.39 is 33.8 Å². The van der Waals surface area contributed by atoms with Crippen LogP contribution in [0.4, 0.5) is 10.1 Å². The number of carbonyl (C=O) groups is 1. The SMILES string of the molecule is CC[C@@H](C(=O)N[C@@H](C)c1ccccc1OC)N(c1ccccc1F)S(C)(=O)=O. The van der Waals surface area contributed by atoms with Crippen molar-refractivity contribution in [2.75, 3.05) is 17.7 Å². The van der Waals surface area contributed by atoms with E-state index in [9.17, 15) is 17.6 Å². The van der Waals surface area contributed by atoms with Crippen LogP contribution in [-0.2, 0) is 14.8 Å². The highest BCUT2D eigenvalue weighted by atomic mass is 32.2. The molecule has 0 bridgehead atoms. The highest BCUT2D eigenvalue weighted by Gasteiger charge is 2.33. The summed E-state index contributed by atoms with van der Waals surface area (Å²) < 4.78 is 45.3. The second-order valence-corrected chi connectivity index (χ2v) is 8.27. The van der Waals surface area contributed by atoms with Gasteiger partial charge in [-0.3, -0.25) is 9.10 Å². The van der Waals surface area contributed by atoms with Gasteiger partial charge in [0.05, 0.1) is 25.1 Å². The number of benzene rings is 2. The number of carbonyl (C=O) groups excluding carboxylic acids is 1. The van der Waals surface area contributed by atoms with E-state index >= 15 is 0 Å². The summed E-state index contributed by atoms with van der Waals surface area (Å²) in [5.74, 6) is -0.621. The van der Waals surface area contributed by atoms with Crippen molar-refractivity contribution < 1.29 is 22.3 Å². The molecule has 0 aliphatic heterocycles. The Balaban J connectivity index is 2.36. The van der Waals surface area contributed by atoms with Gasteiger partial charge in [0.2, 0.25) is 15.9 Å². The predicted octanol–water partition coefficient (Wildman–Crippen LogP) is 3.26. The van der Waals surface area contributed by atoms with E-state index in [4.69, 9.17) is 4.74 Å². The van der Waals surface area contributed by atoms with Crippen molar-refractivity contribution in [3.63, 3.8) is 0 Å².